The Kier molecular flexibility index (Phi) is 4.54. The van der Waals surface area contributed by atoms with Crippen LogP contribution in [0.25, 0.3) is 0 Å². The molecule has 0 unspecified atom stereocenters. The maximum absolute atomic E-state index is 13.1. The molecule has 1 amide bonds. The van der Waals surface area contributed by atoms with Crippen molar-refractivity contribution in [2.75, 3.05) is 12.0 Å². The van der Waals surface area contributed by atoms with Crippen LogP contribution < -0.4 is 9.64 Å². The van der Waals surface area contributed by atoms with Gasteiger partial charge in [0.2, 0.25) is 5.88 Å². The predicted octanol–water partition coefficient (Wildman–Crippen LogP) is 4.91. The first-order chi connectivity index (χ1) is 13.9. The topological polar surface area (TPSA) is 54.8 Å². The average Bonchev–Trinajstić information content (AvgIpc) is 2.99. The van der Waals surface area contributed by atoms with Gasteiger partial charge in [-0.15, -0.1) is 0 Å². The van der Waals surface area contributed by atoms with Crippen LogP contribution in [0.2, 0.25) is 0 Å². The van der Waals surface area contributed by atoms with E-state index >= 15 is 0 Å². The van der Waals surface area contributed by atoms with Gasteiger partial charge < -0.3 is 4.74 Å². The summed E-state index contributed by atoms with van der Waals surface area (Å²) in [5.41, 5.74) is 0.899. The van der Waals surface area contributed by atoms with E-state index in [0.29, 0.717) is 22.8 Å². The lowest BCUT2D eigenvalue weighted by Crippen LogP contribution is -2.25. The van der Waals surface area contributed by atoms with Gasteiger partial charge in [-0.1, -0.05) is 24.3 Å². The van der Waals surface area contributed by atoms with Crippen molar-refractivity contribution in [1.29, 1.82) is 0 Å². The van der Waals surface area contributed by atoms with Crippen LogP contribution in [0.15, 0.2) is 71.9 Å². The monoisotopic (exact) mass is 397 g/mol. The smallest absolute Gasteiger partial charge is 0.416 e. The van der Waals surface area contributed by atoms with E-state index in [1.807, 2.05) is 0 Å². The van der Waals surface area contributed by atoms with Gasteiger partial charge in [-0.05, 0) is 30.3 Å². The minimum absolute atomic E-state index is 0.0488. The number of hydrogen-bond donors (Lipinski definition) is 0. The van der Waals surface area contributed by atoms with Crippen LogP contribution in [-0.4, -0.2) is 23.7 Å². The van der Waals surface area contributed by atoms with E-state index in [1.54, 1.807) is 36.4 Å². The Bertz CT molecular complexity index is 1110. The van der Waals surface area contributed by atoms with Crippen LogP contribution in [0.5, 0.6) is 5.88 Å². The number of anilines is 2. The molecular weight excluding hydrogens is 383 g/mol. The SMILES string of the molecule is COc1ccc(N2C(=O)/C(=N\c3cccc(C(F)(F)F)c3)c3ccccc32)cn1. The van der Waals surface area contributed by atoms with Crippen molar-refractivity contribution in [3.8, 4) is 5.88 Å². The predicted molar refractivity (Wildman–Crippen MR) is 102 cm³/mol. The van der Waals surface area contributed by atoms with Gasteiger partial charge in [0.1, 0.15) is 5.71 Å². The normalized spacial score (nSPS) is 15.0. The van der Waals surface area contributed by atoms with E-state index in [1.165, 1.54) is 30.3 Å². The van der Waals surface area contributed by atoms with Gasteiger partial charge >= 0.3 is 6.18 Å². The summed E-state index contributed by atoms with van der Waals surface area (Å²) in [5.74, 6) is -0.0536. The highest BCUT2D eigenvalue weighted by molar-refractivity contribution is 6.56. The van der Waals surface area contributed by atoms with E-state index < -0.39 is 17.6 Å². The number of aliphatic imine (C=N–C) groups is 1. The molecular formula is C21H14F3N3O2. The molecule has 1 aromatic heterocycles. The second-order valence-electron chi connectivity index (χ2n) is 6.22. The Labute approximate surface area is 164 Å². The average molecular weight is 397 g/mol. The largest absolute Gasteiger partial charge is 0.481 e. The fourth-order valence-electron chi connectivity index (χ4n) is 3.07. The number of halogens is 3. The van der Waals surface area contributed by atoms with E-state index in [-0.39, 0.29) is 11.4 Å². The number of alkyl halides is 3. The number of hydrogen-bond acceptors (Lipinski definition) is 4. The maximum atomic E-state index is 13.1. The number of fused-ring (bicyclic) bond motifs is 1. The second-order valence-corrected chi connectivity index (χ2v) is 6.22. The Balaban J connectivity index is 1.79. The minimum atomic E-state index is -4.49. The van der Waals surface area contributed by atoms with Gasteiger partial charge in [0, 0.05) is 11.6 Å². The molecule has 5 nitrogen and oxygen atoms in total. The molecule has 29 heavy (non-hydrogen) atoms. The number of methoxy groups -OCH3 is 1. The van der Waals surface area contributed by atoms with Gasteiger partial charge in [0.15, 0.2) is 0 Å². The zero-order valence-corrected chi connectivity index (χ0v) is 15.1. The number of nitrogens with zero attached hydrogens (tertiary/aromatic N) is 3. The number of ether oxygens (including phenoxy) is 1. The third-order valence-corrected chi connectivity index (χ3v) is 4.41. The molecule has 0 spiro atoms. The summed E-state index contributed by atoms with van der Waals surface area (Å²) >= 11 is 0. The summed E-state index contributed by atoms with van der Waals surface area (Å²) in [6.07, 6.45) is -3.00. The van der Waals surface area contributed by atoms with Gasteiger partial charge in [-0.2, -0.15) is 13.2 Å². The highest BCUT2D eigenvalue weighted by Crippen LogP contribution is 2.37. The summed E-state index contributed by atoms with van der Waals surface area (Å²) in [7, 11) is 1.48. The number of carbonyl (C=O) groups is 1. The highest BCUT2D eigenvalue weighted by Gasteiger charge is 2.35. The molecule has 146 valence electrons. The molecule has 0 atom stereocenters. The van der Waals surface area contributed by atoms with Gasteiger partial charge in [-0.3, -0.25) is 9.69 Å². The summed E-state index contributed by atoms with van der Waals surface area (Å²) in [6, 6.07) is 14.8. The highest BCUT2D eigenvalue weighted by atomic mass is 19.4. The molecule has 0 bridgehead atoms. The van der Waals surface area contributed by atoms with Crippen LogP contribution in [0, 0.1) is 0 Å². The number of benzene rings is 2. The van der Waals surface area contributed by atoms with Crippen molar-refractivity contribution in [3.63, 3.8) is 0 Å². The van der Waals surface area contributed by atoms with Crippen molar-refractivity contribution in [3.05, 3.63) is 78.0 Å². The quantitative estimate of drug-likeness (QED) is 0.631. The van der Waals surface area contributed by atoms with Crippen LogP contribution >= 0.6 is 0 Å². The summed E-state index contributed by atoms with van der Waals surface area (Å²) in [4.78, 5) is 22.9. The van der Waals surface area contributed by atoms with Crippen molar-refractivity contribution in [1.82, 2.24) is 4.98 Å². The number of amides is 1. The summed E-state index contributed by atoms with van der Waals surface area (Å²) in [6.45, 7) is 0. The minimum Gasteiger partial charge on any atom is -0.481 e. The van der Waals surface area contributed by atoms with Gasteiger partial charge in [0.25, 0.3) is 5.91 Å². The standard InChI is InChI=1S/C21H14F3N3O2/c1-29-18-10-9-15(12-25-18)27-17-8-3-2-7-16(17)19(20(27)28)26-14-6-4-5-13(11-14)21(22,23)24/h2-12H,1H3/b26-19-. The number of pyridine rings is 1. The molecule has 8 heteroatoms. The zero-order valence-electron chi connectivity index (χ0n) is 15.1. The van der Waals surface area contributed by atoms with E-state index in [0.717, 1.165) is 12.1 Å². The molecule has 0 radical (unpaired) electrons. The van der Waals surface area contributed by atoms with Gasteiger partial charge in [0.05, 0.1) is 35.9 Å². The Morgan fingerprint density at radius 2 is 1.83 bits per heavy atom. The maximum Gasteiger partial charge on any atom is 0.416 e. The van der Waals surface area contributed by atoms with Crippen LogP contribution in [0.3, 0.4) is 0 Å². The van der Waals surface area contributed by atoms with Crippen molar-refractivity contribution in [2.45, 2.75) is 6.18 Å². The van der Waals surface area contributed by atoms with E-state index in [2.05, 4.69) is 9.98 Å². The number of aromatic nitrogens is 1. The first kappa shape index (κ1) is 18.7. The molecule has 2 heterocycles. The van der Waals surface area contributed by atoms with Crippen molar-refractivity contribution < 1.29 is 22.7 Å². The van der Waals surface area contributed by atoms with Crippen LogP contribution in [0.1, 0.15) is 11.1 Å². The van der Waals surface area contributed by atoms with E-state index in [9.17, 15) is 18.0 Å². The Hall–Kier alpha value is -3.68. The fourth-order valence-corrected chi connectivity index (χ4v) is 3.07. The lowest BCUT2D eigenvalue weighted by Gasteiger charge is -2.16. The molecule has 0 saturated heterocycles. The molecule has 1 aliphatic heterocycles. The molecule has 1 aliphatic rings. The molecule has 0 aliphatic carbocycles. The molecule has 3 aromatic rings. The fraction of sp³-hybridized carbons (Fsp3) is 0.0952. The molecule has 0 fully saturated rings. The van der Waals surface area contributed by atoms with Crippen LogP contribution in [0.4, 0.5) is 30.2 Å². The van der Waals surface area contributed by atoms with Crippen molar-refractivity contribution >= 4 is 28.7 Å². The first-order valence-corrected chi connectivity index (χ1v) is 8.58. The molecule has 0 N–H and O–H groups in total. The van der Waals surface area contributed by atoms with E-state index in [4.69, 9.17) is 4.74 Å². The summed E-state index contributed by atoms with van der Waals surface area (Å²) < 4.78 is 44.0. The Morgan fingerprint density at radius 1 is 1.03 bits per heavy atom. The van der Waals surface area contributed by atoms with Gasteiger partial charge in [-0.25, -0.2) is 9.98 Å². The third-order valence-electron chi connectivity index (χ3n) is 4.41. The second kappa shape index (κ2) is 7.05. The molecule has 4 rings (SSSR count). The number of carbonyl (C=O) groups excluding carboxylic acids is 1. The number of para-hydroxylation sites is 1. The first-order valence-electron chi connectivity index (χ1n) is 8.58. The Morgan fingerprint density at radius 3 is 2.52 bits per heavy atom. The molecule has 2 aromatic carbocycles. The third kappa shape index (κ3) is 3.44. The summed E-state index contributed by atoms with van der Waals surface area (Å²) in [5, 5.41) is 0. The number of rotatable bonds is 3. The lowest BCUT2D eigenvalue weighted by molar-refractivity contribution is -0.137. The molecule has 0 saturated carbocycles. The van der Waals surface area contributed by atoms with Crippen molar-refractivity contribution in [2.24, 2.45) is 4.99 Å². The lowest BCUT2D eigenvalue weighted by atomic mass is 10.1. The van der Waals surface area contributed by atoms with Crippen LogP contribution in [-0.2, 0) is 11.0 Å². The zero-order chi connectivity index (χ0) is 20.6.